The number of furan rings is 1. The first-order valence-corrected chi connectivity index (χ1v) is 8.00. The van der Waals surface area contributed by atoms with E-state index >= 15 is 0 Å². The molecule has 1 aliphatic rings. The summed E-state index contributed by atoms with van der Waals surface area (Å²) in [6.45, 7) is 5.47. The van der Waals surface area contributed by atoms with E-state index in [1.54, 1.807) is 0 Å². The molecule has 1 heterocycles. The topological polar surface area (TPSA) is 25.2 Å². The predicted octanol–water partition coefficient (Wildman–Crippen LogP) is 5.17. The first kappa shape index (κ1) is 14.0. The van der Waals surface area contributed by atoms with Crippen molar-refractivity contribution in [3.05, 3.63) is 35.0 Å². The van der Waals surface area contributed by atoms with E-state index in [4.69, 9.17) is 16.0 Å². The van der Waals surface area contributed by atoms with Gasteiger partial charge in [-0.15, -0.1) is 0 Å². The highest BCUT2D eigenvalue weighted by Gasteiger charge is 2.33. The molecule has 0 spiro atoms. The van der Waals surface area contributed by atoms with Crippen molar-refractivity contribution in [1.82, 2.24) is 5.32 Å². The van der Waals surface area contributed by atoms with Gasteiger partial charge in [-0.05, 0) is 36.9 Å². The van der Waals surface area contributed by atoms with Crippen molar-refractivity contribution < 1.29 is 4.42 Å². The van der Waals surface area contributed by atoms with Crippen molar-refractivity contribution in [1.29, 1.82) is 0 Å². The molecular weight excluding hydrogens is 270 g/mol. The lowest BCUT2D eigenvalue weighted by Crippen LogP contribution is -2.29. The molecule has 0 aliphatic heterocycles. The summed E-state index contributed by atoms with van der Waals surface area (Å²) in [5.74, 6) is 2.45. The van der Waals surface area contributed by atoms with Gasteiger partial charge in [0.2, 0.25) is 0 Å². The van der Waals surface area contributed by atoms with Crippen molar-refractivity contribution >= 4 is 22.6 Å². The minimum Gasteiger partial charge on any atom is -0.458 e. The molecule has 0 bridgehead atoms. The second kappa shape index (κ2) is 5.79. The summed E-state index contributed by atoms with van der Waals surface area (Å²) in [5, 5.41) is 5.41. The van der Waals surface area contributed by atoms with E-state index in [1.165, 1.54) is 19.3 Å². The van der Waals surface area contributed by atoms with Crippen LogP contribution in [0.25, 0.3) is 11.0 Å². The van der Waals surface area contributed by atoms with Gasteiger partial charge >= 0.3 is 0 Å². The smallest absolute Gasteiger partial charge is 0.152 e. The van der Waals surface area contributed by atoms with Crippen molar-refractivity contribution in [3.8, 4) is 0 Å². The van der Waals surface area contributed by atoms with E-state index in [1.807, 2.05) is 12.1 Å². The van der Waals surface area contributed by atoms with Crippen LogP contribution in [0, 0.1) is 11.8 Å². The Labute approximate surface area is 125 Å². The summed E-state index contributed by atoms with van der Waals surface area (Å²) in [5.41, 5.74) is 0.817. The summed E-state index contributed by atoms with van der Waals surface area (Å²) in [4.78, 5) is 0. The van der Waals surface area contributed by atoms with E-state index < -0.39 is 0 Å². The minimum atomic E-state index is 0.306. The summed E-state index contributed by atoms with van der Waals surface area (Å²) in [7, 11) is 0. The molecule has 1 aromatic carbocycles. The number of nitrogens with one attached hydrogen (secondary N) is 1. The van der Waals surface area contributed by atoms with Crippen LogP contribution in [-0.4, -0.2) is 6.54 Å². The molecule has 3 atom stereocenters. The average Bonchev–Trinajstić information content (AvgIpc) is 3.03. The normalized spacial score (nSPS) is 24.4. The molecule has 2 aromatic rings. The average molecular weight is 292 g/mol. The summed E-state index contributed by atoms with van der Waals surface area (Å²) >= 11 is 6.23. The van der Waals surface area contributed by atoms with Crippen LogP contribution >= 0.6 is 11.6 Å². The van der Waals surface area contributed by atoms with Crippen LogP contribution in [0.3, 0.4) is 0 Å². The molecular formula is C17H22ClNO. The zero-order valence-electron chi connectivity index (χ0n) is 12.2. The van der Waals surface area contributed by atoms with E-state index in [9.17, 15) is 0 Å². The zero-order valence-corrected chi connectivity index (χ0v) is 12.9. The molecule has 1 aromatic heterocycles. The Bertz CT molecular complexity index is 592. The third-order valence-electron chi connectivity index (χ3n) is 4.60. The van der Waals surface area contributed by atoms with Gasteiger partial charge in [0.1, 0.15) is 5.76 Å². The Morgan fingerprint density at radius 1 is 1.40 bits per heavy atom. The number of fused-ring (bicyclic) bond motifs is 1. The van der Waals surface area contributed by atoms with Gasteiger partial charge in [0.25, 0.3) is 0 Å². The number of benzene rings is 1. The van der Waals surface area contributed by atoms with E-state index in [2.05, 4.69) is 31.3 Å². The van der Waals surface area contributed by atoms with Crippen LogP contribution in [0.2, 0.25) is 5.02 Å². The van der Waals surface area contributed by atoms with Crippen LogP contribution in [0.5, 0.6) is 0 Å². The van der Waals surface area contributed by atoms with Gasteiger partial charge in [0.05, 0.1) is 11.1 Å². The van der Waals surface area contributed by atoms with Crippen LogP contribution in [-0.2, 0) is 0 Å². The second-order valence-electron chi connectivity index (χ2n) is 5.91. The molecule has 3 heteroatoms. The lowest BCUT2D eigenvalue weighted by Gasteiger charge is -2.25. The summed E-state index contributed by atoms with van der Waals surface area (Å²) < 4.78 is 6.08. The maximum Gasteiger partial charge on any atom is 0.152 e. The third kappa shape index (κ3) is 2.47. The van der Waals surface area contributed by atoms with Crippen LogP contribution in [0.4, 0.5) is 0 Å². The fourth-order valence-corrected chi connectivity index (χ4v) is 3.77. The van der Waals surface area contributed by atoms with Gasteiger partial charge in [-0.3, -0.25) is 0 Å². The zero-order chi connectivity index (χ0) is 14.1. The Hall–Kier alpha value is -0.990. The molecule has 1 aliphatic carbocycles. The molecule has 0 amide bonds. The fourth-order valence-electron chi connectivity index (χ4n) is 3.55. The highest BCUT2D eigenvalue weighted by Crippen LogP contribution is 2.41. The lowest BCUT2D eigenvalue weighted by molar-refractivity contribution is 0.273. The van der Waals surface area contributed by atoms with Crippen molar-refractivity contribution in [2.75, 3.05) is 6.54 Å². The van der Waals surface area contributed by atoms with Crippen LogP contribution in [0.15, 0.2) is 28.7 Å². The quantitative estimate of drug-likeness (QED) is 0.840. The predicted molar refractivity (Wildman–Crippen MR) is 84.1 cm³/mol. The number of rotatable bonds is 4. The molecule has 1 N–H and O–H groups in total. The van der Waals surface area contributed by atoms with Crippen LogP contribution < -0.4 is 5.32 Å². The van der Waals surface area contributed by atoms with E-state index in [-0.39, 0.29) is 0 Å². The minimum absolute atomic E-state index is 0.306. The van der Waals surface area contributed by atoms with Gasteiger partial charge in [-0.2, -0.15) is 0 Å². The van der Waals surface area contributed by atoms with Gasteiger partial charge in [-0.1, -0.05) is 50.4 Å². The molecule has 2 nitrogen and oxygen atoms in total. The molecule has 1 fully saturated rings. The summed E-state index contributed by atoms with van der Waals surface area (Å²) in [6.07, 6.45) is 3.94. The number of halogens is 1. The number of para-hydroxylation sites is 1. The standard InChI is InChI=1S/C17H22ClNO/c1-3-19-16(13-8-4-6-11(13)2)15-10-12-7-5-9-14(18)17(12)20-15/h5,7,9-11,13,16,19H,3-4,6,8H2,1-2H3. The molecule has 1 saturated carbocycles. The molecule has 108 valence electrons. The van der Waals surface area contributed by atoms with Gasteiger partial charge in [-0.25, -0.2) is 0 Å². The highest BCUT2D eigenvalue weighted by atomic mass is 35.5. The molecule has 3 rings (SSSR count). The van der Waals surface area contributed by atoms with E-state index in [0.717, 1.165) is 29.2 Å². The van der Waals surface area contributed by atoms with Crippen molar-refractivity contribution in [2.24, 2.45) is 11.8 Å². The van der Waals surface area contributed by atoms with Gasteiger partial charge in [0, 0.05) is 5.39 Å². The first-order chi connectivity index (χ1) is 9.70. The second-order valence-corrected chi connectivity index (χ2v) is 6.32. The Morgan fingerprint density at radius 2 is 2.25 bits per heavy atom. The summed E-state index contributed by atoms with van der Waals surface area (Å²) in [6, 6.07) is 8.39. The first-order valence-electron chi connectivity index (χ1n) is 7.62. The number of hydrogen-bond acceptors (Lipinski definition) is 2. The Morgan fingerprint density at radius 3 is 2.90 bits per heavy atom. The van der Waals surface area contributed by atoms with Gasteiger partial charge < -0.3 is 9.73 Å². The van der Waals surface area contributed by atoms with Crippen molar-refractivity contribution in [3.63, 3.8) is 0 Å². The van der Waals surface area contributed by atoms with Gasteiger partial charge in [0.15, 0.2) is 5.58 Å². The fraction of sp³-hybridized carbons (Fsp3) is 0.529. The van der Waals surface area contributed by atoms with E-state index in [0.29, 0.717) is 17.0 Å². The van der Waals surface area contributed by atoms with Crippen LogP contribution in [0.1, 0.15) is 44.9 Å². The maximum absolute atomic E-state index is 6.23. The monoisotopic (exact) mass is 291 g/mol. The molecule has 20 heavy (non-hydrogen) atoms. The Balaban J connectivity index is 1.98. The third-order valence-corrected chi connectivity index (χ3v) is 4.90. The Kier molecular flexibility index (Phi) is 4.04. The maximum atomic E-state index is 6.23. The molecule has 3 unspecified atom stereocenters. The number of hydrogen-bond donors (Lipinski definition) is 1. The SMILES string of the molecule is CCNC(c1cc2cccc(Cl)c2o1)C1CCCC1C. The molecule has 0 radical (unpaired) electrons. The highest BCUT2D eigenvalue weighted by molar-refractivity contribution is 6.34. The van der Waals surface area contributed by atoms with Crippen molar-refractivity contribution in [2.45, 2.75) is 39.2 Å². The lowest BCUT2D eigenvalue weighted by atomic mass is 9.88. The largest absolute Gasteiger partial charge is 0.458 e. The molecule has 0 saturated heterocycles.